The molecule has 1 aromatic heterocycles. The number of morpholine rings is 1. The number of benzene rings is 1. The zero-order valence-corrected chi connectivity index (χ0v) is 17.8. The normalized spacial score (nSPS) is 16.8. The van der Waals surface area contributed by atoms with E-state index < -0.39 is 0 Å². The highest BCUT2D eigenvalue weighted by Crippen LogP contribution is 2.15. The van der Waals surface area contributed by atoms with Gasteiger partial charge in [0.05, 0.1) is 31.8 Å². The lowest BCUT2D eigenvalue weighted by atomic mass is 10.0. The second kappa shape index (κ2) is 11.0. The molecule has 2 heterocycles. The Bertz CT molecular complexity index is 752. The molecule has 2 aromatic rings. The third kappa shape index (κ3) is 6.05. The van der Waals surface area contributed by atoms with Gasteiger partial charge in [0.15, 0.2) is 5.96 Å². The third-order valence-corrected chi connectivity index (χ3v) is 5.29. The first-order chi connectivity index (χ1) is 14.2. The van der Waals surface area contributed by atoms with E-state index >= 15 is 0 Å². The molecule has 1 atom stereocenters. The van der Waals surface area contributed by atoms with Crippen molar-refractivity contribution in [3.63, 3.8) is 0 Å². The van der Waals surface area contributed by atoms with E-state index in [4.69, 9.17) is 9.73 Å². The highest BCUT2D eigenvalue weighted by atomic mass is 16.5. The van der Waals surface area contributed by atoms with E-state index in [0.29, 0.717) is 18.5 Å². The Morgan fingerprint density at radius 3 is 2.69 bits per heavy atom. The number of para-hydroxylation sites is 1. The molecule has 7 heteroatoms. The summed E-state index contributed by atoms with van der Waals surface area (Å²) in [6.07, 6.45) is 5.58. The van der Waals surface area contributed by atoms with Crippen LogP contribution in [0.2, 0.25) is 0 Å². The van der Waals surface area contributed by atoms with Crippen LogP contribution in [0.5, 0.6) is 0 Å². The first-order valence-electron chi connectivity index (χ1n) is 10.6. The lowest BCUT2D eigenvalue weighted by molar-refractivity contribution is 0.00752. The molecule has 2 N–H and O–H groups in total. The Morgan fingerprint density at radius 1 is 1.21 bits per heavy atom. The average Bonchev–Trinajstić information content (AvgIpc) is 3.27. The topological polar surface area (TPSA) is 66.7 Å². The summed E-state index contributed by atoms with van der Waals surface area (Å²) in [6, 6.07) is 8.77. The third-order valence-electron chi connectivity index (χ3n) is 5.29. The van der Waals surface area contributed by atoms with Gasteiger partial charge in [-0.1, -0.05) is 32.0 Å². The van der Waals surface area contributed by atoms with Gasteiger partial charge in [0.25, 0.3) is 0 Å². The van der Waals surface area contributed by atoms with Crippen molar-refractivity contribution in [1.29, 1.82) is 0 Å². The van der Waals surface area contributed by atoms with Gasteiger partial charge in [-0.25, -0.2) is 9.98 Å². The molecule has 0 radical (unpaired) electrons. The molecule has 29 heavy (non-hydrogen) atoms. The van der Waals surface area contributed by atoms with Crippen LogP contribution in [-0.4, -0.2) is 65.8 Å². The van der Waals surface area contributed by atoms with Gasteiger partial charge in [-0.05, 0) is 24.5 Å². The van der Waals surface area contributed by atoms with Gasteiger partial charge in [0.2, 0.25) is 0 Å². The molecule has 7 nitrogen and oxygen atoms in total. The zero-order valence-electron chi connectivity index (χ0n) is 17.8. The van der Waals surface area contributed by atoms with Gasteiger partial charge in [-0.3, -0.25) is 4.90 Å². The van der Waals surface area contributed by atoms with Crippen LogP contribution in [0, 0.1) is 5.92 Å². The molecule has 1 unspecified atom stereocenters. The van der Waals surface area contributed by atoms with Crippen molar-refractivity contribution in [2.45, 2.75) is 33.4 Å². The maximum Gasteiger partial charge on any atom is 0.191 e. The van der Waals surface area contributed by atoms with E-state index in [9.17, 15) is 0 Å². The quantitative estimate of drug-likeness (QED) is 0.528. The second-order valence-corrected chi connectivity index (χ2v) is 7.63. The van der Waals surface area contributed by atoms with Crippen LogP contribution in [0.1, 0.15) is 26.3 Å². The summed E-state index contributed by atoms with van der Waals surface area (Å²) < 4.78 is 7.54. The molecule has 0 amide bonds. The summed E-state index contributed by atoms with van der Waals surface area (Å²) >= 11 is 0. The van der Waals surface area contributed by atoms with E-state index in [-0.39, 0.29) is 0 Å². The standard InChI is InChI=1S/C22H34N6O/c1-4-24-22(26-16-21(18(2)3)27-11-13-29-14-12-27)25-15-19-7-5-6-8-20(19)28-10-9-23-17-28/h5-10,17-18,21H,4,11-16H2,1-3H3,(H2,24,25,26). The van der Waals surface area contributed by atoms with E-state index in [1.807, 2.05) is 23.2 Å². The number of guanidine groups is 1. The Labute approximate surface area is 174 Å². The van der Waals surface area contributed by atoms with Gasteiger partial charge < -0.3 is 19.9 Å². The predicted molar refractivity (Wildman–Crippen MR) is 117 cm³/mol. The molecule has 3 rings (SSSR count). The molecule has 1 aromatic carbocycles. The Hall–Kier alpha value is -2.38. The fraction of sp³-hybridized carbons (Fsp3) is 0.545. The van der Waals surface area contributed by atoms with Crippen LogP contribution in [0.15, 0.2) is 48.0 Å². The number of imidazole rings is 1. The minimum absolute atomic E-state index is 0.459. The largest absolute Gasteiger partial charge is 0.379 e. The van der Waals surface area contributed by atoms with Crippen molar-refractivity contribution in [3.05, 3.63) is 48.5 Å². The Kier molecular flexibility index (Phi) is 8.07. The van der Waals surface area contributed by atoms with Crippen molar-refractivity contribution in [2.24, 2.45) is 10.9 Å². The fourth-order valence-corrected chi connectivity index (χ4v) is 3.70. The SMILES string of the molecule is CCNC(=NCc1ccccc1-n1ccnc1)NCC(C(C)C)N1CCOCC1. The van der Waals surface area contributed by atoms with Crippen molar-refractivity contribution >= 4 is 5.96 Å². The first kappa shape index (κ1) is 21.3. The summed E-state index contributed by atoms with van der Waals surface area (Å²) in [5, 5.41) is 6.94. The smallest absolute Gasteiger partial charge is 0.191 e. The minimum Gasteiger partial charge on any atom is -0.379 e. The molecule has 0 bridgehead atoms. The van der Waals surface area contributed by atoms with Crippen LogP contribution < -0.4 is 10.6 Å². The summed E-state index contributed by atoms with van der Waals surface area (Å²) in [4.78, 5) is 11.5. The number of nitrogens with one attached hydrogen (secondary N) is 2. The molecule has 158 valence electrons. The van der Waals surface area contributed by atoms with E-state index in [1.54, 1.807) is 6.20 Å². The highest BCUT2D eigenvalue weighted by Gasteiger charge is 2.23. The van der Waals surface area contributed by atoms with Crippen molar-refractivity contribution < 1.29 is 4.74 Å². The summed E-state index contributed by atoms with van der Waals surface area (Å²) in [7, 11) is 0. The van der Waals surface area contributed by atoms with Crippen molar-refractivity contribution in [2.75, 3.05) is 39.4 Å². The van der Waals surface area contributed by atoms with Gasteiger partial charge in [0, 0.05) is 44.6 Å². The molecule has 0 saturated carbocycles. The molecule has 0 spiro atoms. The van der Waals surface area contributed by atoms with Gasteiger partial charge in [0.1, 0.15) is 0 Å². The molecule has 1 aliphatic rings. The van der Waals surface area contributed by atoms with Gasteiger partial charge in [-0.15, -0.1) is 0 Å². The first-order valence-corrected chi connectivity index (χ1v) is 10.6. The summed E-state index contributed by atoms with van der Waals surface area (Å²) in [5.41, 5.74) is 2.27. The number of nitrogens with zero attached hydrogens (tertiary/aromatic N) is 4. The van der Waals surface area contributed by atoms with E-state index in [1.165, 1.54) is 0 Å². The van der Waals surface area contributed by atoms with Crippen LogP contribution in [0.3, 0.4) is 0 Å². The lowest BCUT2D eigenvalue weighted by Gasteiger charge is -2.37. The molecule has 0 aliphatic carbocycles. The molecular formula is C22H34N6O. The number of ether oxygens (including phenoxy) is 1. The van der Waals surface area contributed by atoms with E-state index in [0.717, 1.165) is 56.6 Å². The number of hydrogen-bond donors (Lipinski definition) is 2. The van der Waals surface area contributed by atoms with Gasteiger partial charge in [-0.2, -0.15) is 0 Å². The zero-order chi connectivity index (χ0) is 20.5. The number of aromatic nitrogens is 2. The van der Waals surface area contributed by atoms with Gasteiger partial charge >= 0.3 is 0 Å². The molecular weight excluding hydrogens is 364 g/mol. The lowest BCUT2D eigenvalue weighted by Crippen LogP contribution is -2.52. The summed E-state index contributed by atoms with van der Waals surface area (Å²) in [5.74, 6) is 1.41. The molecule has 1 fully saturated rings. The average molecular weight is 399 g/mol. The molecule has 1 aliphatic heterocycles. The predicted octanol–water partition coefficient (Wildman–Crippen LogP) is 2.28. The Balaban J connectivity index is 1.67. The second-order valence-electron chi connectivity index (χ2n) is 7.63. The van der Waals surface area contributed by atoms with Crippen molar-refractivity contribution in [3.8, 4) is 5.69 Å². The van der Waals surface area contributed by atoms with Crippen LogP contribution in [-0.2, 0) is 11.3 Å². The number of hydrogen-bond acceptors (Lipinski definition) is 4. The number of aliphatic imine (C=N–C) groups is 1. The fourth-order valence-electron chi connectivity index (χ4n) is 3.70. The highest BCUT2D eigenvalue weighted by molar-refractivity contribution is 5.79. The molecule has 1 saturated heterocycles. The summed E-state index contributed by atoms with van der Waals surface area (Å²) in [6.45, 7) is 12.6. The number of rotatable bonds is 8. The van der Waals surface area contributed by atoms with E-state index in [2.05, 4.69) is 59.5 Å². The van der Waals surface area contributed by atoms with Crippen LogP contribution >= 0.6 is 0 Å². The van der Waals surface area contributed by atoms with Crippen molar-refractivity contribution in [1.82, 2.24) is 25.1 Å². The minimum atomic E-state index is 0.459. The van der Waals surface area contributed by atoms with Crippen LogP contribution in [0.25, 0.3) is 5.69 Å². The van der Waals surface area contributed by atoms with Crippen LogP contribution in [0.4, 0.5) is 0 Å². The Morgan fingerprint density at radius 2 is 2.00 bits per heavy atom. The maximum absolute atomic E-state index is 5.52. The maximum atomic E-state index is 5.52. The monoisotopic (exact) mass is 398 g/mol.